The molecule has 1 aromatic carbocycles. The highest BCUT2D eigenvalue weighted by Gasteiger charge is 2.16. The predicted octanol–water partition coefficient (Wildman–Crippen LogP) is 2.39. The van der Waals surface area contributed by atoms with Gasteiger partial charge in [-0.15, -0.1) is 24.8 Å². The summed E-state index contributed by atoms with van der Waals surface area (Å²) in [5.41, 5.74) is 6.46. The summed E-state index contributed by atoms with van der Waals surface area (Å²) in [6, 6.07) is 7.20. The first kappa shape index (κ1) is 23.3. The van der Waals surface area contributed by atoms with Crippen LogP contribution in [0.1, 0.15) is 13.8 Å². The molecule has 128 valence electrons. The van der Waals surface area contributed by atoms with Crippen LogP contribution in [0.2, 0.25) is 0 Å². The van der Waals surface area contributed by atoms with E-state index < -0.39 is 0 Å². The predicted molar refractivity (Wildman–Crippen MR) is 96.4 cm³/mol. The lowest BCUT2D eigenvalue weighted by Gasteiger charge is -2.15. The molecule has 5 nitrogen and oxygen atoms in total. The topological polar surface area (TPSA) is 67.6 Å². The molecule has 0 aromatic heterocycles. The highest BCUT2D eigenvalue weighted by Crippen LogP contribution is 2.16. The zero-order valence-electron chi connectivity index (χ0n) is 13.5. The third kappa shape index (κ3) is 8.44. The summed E-state index contributed by atoms with van der Waals surface area (Å²) in [6.07, 6.45) is 0. The summed E-state index contributed by atoms with van der Waals surface area (Å²) in [5, 5.41) is 2.84. The SMILES string of the molecule is CC(N)C(C)C(=O)Nc1ccc(OCCN(C)C)cc1.Cl.Cl. The van der Waals surface area contributed by atoms with E-state index in [4.69, 9.17) is 10.5 Å². The van der Waals surface area contributed by atoms with Gasteiger partial charge in [0.2, 0.25) is 5.91 Å². The number of halogens is 2. The minimum atomic E-state index is -0.217. The van der Waals surface area contributed by atoms with Crippen LogP contribution >= 0.6 is 24.8 Å². The molecule has 22 heavy (non-hydrogen) atoms. The molecule has 0 fully saturated rings. The average molecular weight is 352 g/mol. The van der Waals surface area contributed by atoms with Crippen LogP contribution in [0.5, 0.6) is 5.75 Å². The Bertz CT molecular complexity index is 425. The van der Waals surface area contributed by atoms with E-state index in [0.717, 1.165) is 18.0 Å². The van der Waals surface area contributed by atoms with Crippen molar-refractivity contribution < 1.29 is 9.53 Å². The fourth-order valence-electron chi connectivity index (χ4n) is 1.48. The monoisotopic (exact) mass is 351 g/mol. The second-order valence-electron chi connectivity index (χ2n) is 5.31. The van der Waals surface area contributed by atoms with Gasteiger partial charge in [-0.25, -0.2) is 0 Å². The molecule has 0 aliphatic carbocycles. The van der Waals surface area contributed by atoms with E-state index in [9.17, 15) is 4.79 Å². The minimum absolute atomic E-state index is 0. The van der Waals surface area contributed by atoms with Crippen molar-refractivity contribution in [3.8, 4) is 5.75 Å². The van der Waals surface area contributed by atoms with E-state index in [2.05, 4.69) is 10.2 Å². The largest absolute Gasteiger partial charge is 0.492 e. The van der Waals surface area contributed by atoms with Crippen molar-refractivity contribution in [3.05, 3.63) is 24.3 Å². The smallest absolute Gasteiger partial charge is 0.228 e. The van der Waals surface area contributed by atoms with Crippen LogP contribution in [0.15, 0.2) is 24.3 Å². The summed E-state index contributed by atoms with van der Waals surface area (Å²) in [5.74, 6) is 0.511. The van der Waals surface area contributed by atoms with Crippen molar-refractivity contribution in [2.45, 2.75) is 19.9 Å². The lowest BCUT2D eigenvalue weighted by atomic mass is 10.0. The molecule has 0 radical (unpaired) electrons. The summed E-state index contributed by atoms with van der Waals surface area (Å²) in [6.45, 7) is 5.15. The molecule has 0 heterocycles. The van der Waals surface area contributed by atoms with Crippen molar-refractivity contribution in [2.75, 3.05) is 32.6 Å². The standard InChI is InChI=1S/C15H25N3O2.2ClH/c1-11(12(2)16)15(19)17-13-5-7-14(8-6-13)20-10-9-18(3)4;;/h5-8,11-12H,9-10,16H2,1-4H3,(H,17,19);2*1H. The van der Waals surface area contributed by atoms with Crippen LogP contribution in [0.25, 0.3) is 0 Å². The number of anilines is 1. The van der Waals surface area contributed by atoms with Gasteiger partial charge < -0.3 is 20.7 Å². The minimum Gasteiger partial charge on any atom is -0.492 e. The van der Waals surface area contributed by atoms with E-state index in [-0.39, 0.29) is 42.7 Å². The van der Waals surface area contributed by atoms with Crippen molar-refractivity contribution in [1.29, 1.82) is 0 Å². The van der Waals surface area contributed by atoms with Gasteiger partial charge in [0.25, 0.3) is 0 Å². The number of nitrogens with two attached hydrogens (primary N) is 1. The molecule has 0 aliphatic rings. The van der Waals surface area contributed by atoms with Gasteiger partial charge in [-0.05, 0) is 45.3 Å². The Balaban J connectivity index is 0. The number of nitrogens with zero attached hydrogens (tertiary/aromatic N) is 1. The normalized spacial score (nSPS) is 12.6. The van der Waals surface area contributed by atoms with E-state index in [1.165, 1.54) is 0 Å². The number of benzene rings is 1. The summed E-state index contributed by atoms with van der Waals surface area (Å²) >= 11 is 0. The molecule has 7 heteroatoms. The summed E-state index contributed by atoms with van der Waals surface area (Å²) < 4.78 is 5.59. The number of carbonyl (C=O) groups is 1. The van der Waals surface area contributed by atoms with E-state index in [1.54, 1.807) is 0 Å². The first-order valence-electron chi connectivity index (χ1n) is 6.84. The Morgan fingerprint density at radius 2 is 1.77 bits per heavy atom. The number of nitrogens with one attached hydrogen (secondary N) is 1. The molecular formula is C15H27Cl2N3O2. The zero-order chi connectivity index (χ0) is 15.1. The van der Waals surface area contributed by atoms with Gasteiger partial charge in [-0.2, -0.15) is 0 Å². The molecule has 2 unspecified atom stereocenters. The first-order valence-corrected chi connectivity index (χ1v) is 6.84. The molecule has 0 aliphatic heterocycles. The maximum absolute atomic E-state index is 11.9. The van der Waals surface area contributed by atoms with Gasteiger partial charge in [0, 0.05) is 18.3 Å². The number of carbonyl (C=O) groups excluding carboxylic acids is 1. The number of ether oxygens (including phenoxy) is 1. The van der Waals surface area contributed by atoms with Crippen LogP contribution in [0, 0.1) is 5.92 Å². The van der Waals surface area contributed by atoms with Crippen LogP contribution in [0.3, 0.4) is 0 Å². The Labute approximate surface area is 145 Å². The first-order chi connectivity index (χ1) is 9.40. The number of hydrogen-bond acceptors (Lipinski definition) is 4. The van der Waals surface area contributed by atoms with Crippen LogP contribution < -0.4 is 15.8 Å². The number of hydrogen-bond donors (Lipinski definition) is 2. The number of amides is 1. The second-order valence-corrected chi connectivity index (χ2v) is 5.31. The third-order valence-corrected chi connectivity index (χ3v) is 3.13. The Morgan fingerprint density at radius 3 is 2.23 bits per heavy atom. The Morgan fingerprint density at radius 1 is 1.23 bits per heavy atom. The van der Waals surface area contributed by atoms with Gasteiger partial charge in [0.1, 0.15) is 12.4 Å². The van der Waals surface area contributed by atoms with Gasteiger partial charge in [-0.3, -0.25) is 4.79 Å². The van der Waals surface area contributed by atoms with Crippen LogP contribution in [-0.4, -0.2) is 44.1 Å². The van der Waals surface area contributed by atoms with Crippen molar-refractivity contribution >= 4 is 36.4 Å². The van der Waals surface area contributed by atoms with Gasteiger partial charge in [-0.1, -0.05) is 6.92 Å². The summed E-state index contributed by atoms with van der Waals surface area (Å²) in [7, 11) is 4.00. The molecule has 2 atom stereocenters. The van der Waals surface area contributed by atoms with E-state index >= 15 is 0 Å². The molecule has 1 amide bonds. The van der Waals surface area contributed by atoms with Gasteiger partial charge >= 0.3 is 0 Å². The van der Waals surface area contributed by atoms with Gasteiger partial charge in [0.15, 0.2) is 0 Å². The third-order valence-electron chi connectivity index (χ3n) is 3.13. The Hall–Kier alpha value is -1.01. The van der Waals surface area contributed by atoms with E-state index in [1.807, 2.05) is 52.2 Å². The summed E-state index contributed by atoms with van der Waals surface area (Å²) in [4.78, 5) is 13.9. The molecule has 0 bridgehead atoms. The molecule has 3 N–H and O–H groups in total. The van der Waals surface area contributed by atoms with Crippen LogP contribution in [-0.2, 0) is 4.79 Å². The molecule has 1 rings (SSSR count). The zero-order valence-corrected chi connectivity index (χ0v) is 15.2. The highest BCUT2D eigenvalue weighted by molar-refractivity contribution is 5.92. The fraction of sp³-hybridized carbons (Fsp3) is 0.533. The fourth-order valence-corrected chi connectivity index (χ4v) is 1.48. The molecule has 1 aromatic rings. The van der Waals surface area contributed by atoms with Crippen LogP contribution in [0.4, 0.5) is 5.69 Å². The molecular weight excluding hydrogens is 325 g/mol. The van der Waals surface area contributed by atoms with Gasteiger partial charge in [0.05, 0.1) is 5.92 Å². The Kier molecular flexibility index (Phi) is 12.2. The lowest BCUT2D eigenvalue weighted by Crippen LogP contribution is -2.34. The lowest BCUT2D eigenvalue weighted by molar-refractivity contribution is -0.119. The maximum Gasteiger partial charge on any atom is 0.228 e. The van der Waals surface area contributed by atoms with Crippen molar-refractivity contribution in [1.82, 2.24) is 4.90 Å². The molecule has 0 saturated carbocycles. The highest BCUT2D eigenvalue weighted by atomic mass is 35.5. The second kappa shape index (κ2) is 11.5. The molecule has 0 saturated heterocycles. The average Bonchev–Trinajstić information content (AvgIpc) is 2.39. The number of likely N-dealkylation sites (N-methyl/N-ethyl adjacent to an activating group) is 1. The quantitative estimate of drug-likeness (QED) is 0.791. The number of rotatable bonds is 7. The van der Waals surface area contributed by atoms with Crippen molar-refractivity contribution in [3.63, 3.8) is 0 Å². The maximum atomic E-state index is 11.9. The van der Waals surface area contributed by atoms with Crippen molar-refractivity contribution in [2.24, 2.45) is 11.7 Å². The molecule has 0 spiro atoms. The van der Waals surface area contributed by atoms with E-state index in [0.29, 0.717) is 6.61 Å².